The van der Waals surface area contributed by atoms with Gasteiger partial charge in [0.05, 0.1) is 5.56 Å². The summed E-state index contributed by atoms with van der Waals surface area (Å²) in [6, 6.07) is 2.30. The second kappa shape index (κ2) is 5.90. The van der Waals surface area contributed by atoms with E-state index in [9.17, 15) is 13.2 Å². The Balaban J connectivity index is 2.19. The van der Waals surface area contributed by atoms with E-state index in [2.05, 4.69) is 15.6 Å². The van der Waals surface area contributed by atoms with Gasteiger partial charge in [-0.2, -0.15) is 24.9 Å². The van der Waals surface area contributed by atoms with Gasteiger partial charge in [-0.25, -0.2) is 4.98 Å². The van der Waals surface area contributed by atoms with Gasteiger partial charge in [0.2, 0.25) is 0 Å². The molecule has 0 aliphatic carbocycles. The van der Waals surface area contributed by atoms with E-state index in [1.165, 1.54) is 0 Å². The number of anilines is 2. The number of rotatable bonds is 3. The first-order valence-electron chi connectivity index (χ1n) is 6.10. The van der Waals surface area contributed by atoms with Crippen LogP contribution in [0.25, 0.3) is 0 Å². The zero-order valence-corrected chi connectivity index (χ0v) is 11.4. The molecule has 0 spiro atoms. The number of nitrogens with one attached hydrogen (secondary N) is 2. The van der Waals surface area contributed by atoms with Crippen molar-refractivity contribution in [2.45, 2.75) is 25.1 Å². The third-order valence-electron chi connectivity index (χ3n) is 2.98. The summed E-state index contributed by atoms with van der Waals surface area (Å²) >= 11 is 1.87. The highest BCUT2D eigenvalue weighted by atomic mass is 32.2. The Morgan fingerprint density at radius 3 is 2.42 bits per heavy atom. The molecule has 1 aromatic heterocycles. The minimum atomic E-state index is -4.35. The van der Waals surface area contributed by atoms with Crippen LogP contribution >= 0.6 is 11.8 Å². The Morgan fingerprint density at radius 2 is 1.84 bits per heavy atom. The molecule has 2 rings (SSSR count). The van der Waals surface area contributed by atoms with E-state index in [4.69, 9.17) is 0 Å². The summed E-state index contributed by atoms with van der Waals surface area (Å²) in [5.74, 6) is 2.59. The fourth-order valence-corrected chi connectivity index (χ4v) is 3.05. The van der Waals surface area contributed by atoms with Gasteiger partial charge in [-0.3, -0.25) is 0 Å². The van der Waals surface area contributed by atoms with Crippen LogP contribution in [-0.2, 0) is 6.18 Å². The molecule has 1 aliphatic heterocycles. The van der Waals surface area contributed by atoms with Gasteiger partial charge >= 0.3 is 6.18 Å². The van der Waals surface area contributed by atoms with Gasteiger partial charge in [0.1, 0.15) is 11.6 Å². The maximum atomic E-state index is 12.8. The molecule has 0 radical (unpaired) electrons. The lowest BCUT2D eigenvalue weighted by Gasteiger charge is -2.23. The van der Waals surface area contributed by atoms with Gasteiger partial charge in [-0.1, -0.05) is 0 Å². The fourth-order valence-electron chi connectivity index (χ4n) is 1.95. The van der Waals surface area contributed by atoms with Gasteiger partial charge in [-0.05, 0) is 36.5 Å². The van der Waals surface area contributed by atoms with Crippen molar-refractivity contribution in [1.29, 1.82) is 0 Å². The summed E-state index contributed by atoms with van der Waals surface area (Å²) in [7, 11) is 1.56. The molecule has 106 valence electrons. The Hall–Kier alpha value is -1.11. The Bertz CT molecular complexity index is 431. The van der Waals surface area contributed by atoms with E-state index in [1.54, 1.807) is 7.05 Å². The van der Waals surface area contributed by atoms with Crippen molar-refractivity contribution in [2.24, 2.45) is 0 Å². The third-order valence-corrected chi connectivity index (χ3v) is 4.03. The molecule has 0 aromatic carbocycles. The zero-order valence-electron chi connectivity index (χ0n) is 10.5. The van der Waals surface area contributed by atoms with Crippen LogP contribution in [0.4, 0.5) is 24.8 Å². The smallest absolute Gasteiger partial charge is 0.373 e. The molecule has 1 fully saturated rings. The topological polar surface area (TPSA) is 37.0 Å². The molecule has 19 heavy (non-hydrogen) atoms. The molecular weight excluding hydrogens is 275 g/mol. The van der Waals surface area contributed by atoms with Crippen LogP contribution in [0.1, 0.15) is 18.4 Å². The minimum Gasteiger partial charge on any atom is -0.373 e. The van der Waals surface area contributed by atoms with Crippen molar-refractivity contribution in [3.05, 3.63) is 17.7 Å². The summed E-state index contributed by atoms with van der Waals surface area (Å²) in [6.07, 6.45) is -2.44. The van der Waals surface area contributed by atoms with E-state index < -0.39 is 11.7 Å². The first kappa shape index (κ1) is 14.3. The number of halogens is 3. The SMILES string of the molecule is CNc1cc(C(F)(F)F)cc(NC2CCSCC2)n1. The maximum Gasteiger partial charge on any atom is 0.416 e. The van der Waals surface area contributed by atoms with Crippen LogP contribution in [0.5, 0.6) is 0 Å². The van der Waals surface area contributed by atoms with E-state index >= 15 is 0 Å². The van der Waals surface area contributed by atoms with E-state index in [0.29, 0.717) is 0 Å². The van der Waals surface area contributed by atoms with Crippen LogP contribution in [0.2, 0.25) is 0 Å². The van der Waals surface area contributed by atoms with Gasteiger partial charge in [0, 0.05) is 13.1 Å². The first-order valence-corrected chi connectivity index (χ1v) is 7.26. The minimum absolute atomic E-state index is 0.210. The quantitative estimate of drug-likeness (QED) is 0.894. The van der Waals surface area contributed by atoms with Crippen LogP contribution in [-0.4, -0.2) is 29.6 Å². The summed E-state index contributed by atoms with van der Waals surface area (Å²) < 4.78 is 38.3. The lowest BCUT2D eigenvalue weighted by molar-refractivity contribution is -0.137. The molecule has 0 saturated carbocycles. The van der Waals surface area contributed by atoms with Crippen molar-refractivity contribution in [3.8, 4) is 0 Å². The van der Waals surface area contributed by atoms with Crippen molar-refractivity contribution in [3.63, 3.8) is 0 Å². The van der Waals surface area contributed by atoms with Gasteiger partial charge in [-0.15, -0.1) is 0 Å². The normalized spacial score (nSPS) is 17.3. The predicted octanol–water partition coefficient (Wildman–Crippen LogP) is 3.45. The third kappa shape index (κ3) is 3.92. The van der Waals surface area contributed by atoms with Crippen LogP contribution < -0.4 is 10.6 Å². The lowest BCUT2D eigenvalue weighted by atomic mass is 10.1. The molecular formula is C12H16F3N3S. The Labute approximate surface area is 114 Å². The second-order valence-corrected chi connectivity index (χ2v) is 5.63. The van der Waals surface area contributed by atoms with Crippen molar-refractivity contribution < 1.29 is 13.2 Å². The molecule has 0 bridgehead atoms. The molecule has 1 aromatic rings. The summed E-state index contributed by atoms with van der Waals surface area (Å²) in [5.41, 5.74) is -0.681. The largest absolute Gasteiger partial charge is 0.416 e. The first-order chi connectivity index (χ1) is 8.99. The number of hydrogen-bond acceptors (Lipinski definition) is 4. The summed E-state index contributed by atoms with van der Waals surface area (Å²) in [4.78, 5) is 4.13. The van der Waals surface area contributed by atoms with Crippen LogP contribution in [0.3, 0.4) is 0 Å². The van der Waals surface area contributed by atoms with Gasteiger partial charge in [0.25, 0.3) is 0 Å². The lowest BCUT2D eigenvalue weighted by Crippen LogP contribution is -2.25. The average molecular weight is 291 g/mol. The number of alkyl halides is 3. The maximum absolute atomic E-state index is 12.8. The highest BCUT2D eigenvalue weighted by Gasteiger charge is 2.31. The Kier molecular flexibility index (Phi) is 4.44. The molecule has 2 N–H and O–H groups in total. The standard InChI is InChI=1S/C12H16F3N3S/c1-16-10-6-8(12(13,14)15)7-11(18-10)17-9-2-4-19-5-3-9/h6-7,9H,2-5H2,1H3,(H2,16,17,18). The number of hydrogen-bond donors (Lipinski definition) is 2. The monoisotopic (exact) mass is 291 g/mol. The fraction of sp³-hybridized carbons (Fsp3) is 0.583. The number of nitrogens with zero attached hydrogens (tertiary/aromatic N) is 1. The number of aromatic nitrogens is 1. The summed E-state index contributed by atoms with van der Waals surface area (Å²) in [5, 5.41) is 5.77. The predicted molar refractivity (Wildman–Crippen MR) is 72.8 cm³/mol. The molecule has 2 heterocycles. The molecule has 0 unspecified atom stereocenters. The molecule has 7 heteroatoms. The van der Waals surface area contributed by atoms with Crippen LogP contribution in [0, 0.1) is 0 Å². The molecule has 0 atom stereocenters. The number of thioether (sulfide) groups is 1. The number of pyridine rings is 1. The summed E-state index contributed by atoms with van der Waals surface area (Å²) in [6.45, 7) is 0. The highest BCUT2D eigenvalue weighted by Crippen LogP contribution is 2.32. The highest BCUT2D eigenvalue weighted by molar-refractivity contribution is 7.99. The van der Waals surface area contributed by atoms with Crippen molar-refractivity contribution >= 4 is 23.4 Å². The molecule has 1 aliphatic rings. The van der Waals surface area contributed by atoms with E-state index in [1.807, 2.05) is 11.8 Å². The van der Waals surface area contributed by atoms with Crippen LogP contribution in [0.15, 0.2) is 12.1 Å². The average Bonchev–Trinajstić information content (AvgIpc) is 2.38. The molecule has 1 saturated heterocycles. The molecule has 0 amide bonds. The van der Waals surface area contributed by atoms with E-state index in [0.717, 1.165) is 36.5 Å². The Morgan fingerprint density at radius 1 is 1.21 bits per heavy atom. The second-order valence-electron chi connectivity index (χ2n) is 4.41. The van der Waals surface area contributed by atoms with Gasteiger partial charge in [0.15, 0.2) is 0 Å². The van der Waals surface area contributed by atoms with Crippen molar-refractivity contribution in [1.82, 2.24) is 4.98 Å². The van der Waals surface area contributed by atoms with Gasteiger partial charge < -0.3 is 10.6 Å². The van der Waals surface area contributed by atoms with Crippen molar-refractivity contribution in [2.75, 3.05) is 29.2 Å². The molecule has 3 nitrogen and oxygen atoms in total. The zero-order chi connectivity index (χ0) is 13.9. The van der Waals surface area contributed by atoms with E-state index in [-0.39, 0.29) is 17.7 Å².